The number of amides is 1. The number of rotatable bonds is 5. The van der Waals surface area contributed by atoms with Crippen LogP contribution in [0.4, 0.5) is 10.1 Å². The SMILES string of the molecule is O=C(Cc1csc(CN2CCCCC2)n1)Nc1ccc(F)cc1. The van der Waals surface area contributed by atoms with Gasteiger partial charge in [0.15, 0.2) is 0 Å². The van der Waals surface area contributed by atoms with Gasteiger partial charge in [0, 0.05) is 11.1 Å². The largest absolute Gasteiger partial charge is 0.326 e. The number of piperidine rings is 1. The summed E-state index contributed by atoms with van der Waals surface area (Å²) in [5, 5.41) is 5.77. The Balaban J connectivity index is 1.51. The Morgan fingerprint density at radius 2 is 1.96 bits per heavy atom. The minimum Gasteiger partial charge on any atom is -0.326 e. The first-order chi connectivity index (χ1) is 11.2. The van der Waals surface area contributed by atoms with Crippen LogP contribution >= 0.6 is 11.3 Å². The van der Waals surface area contributed by atoms with Crippen molar-refractivity contribution in [1.29, 1.82) is 0 Å². The van der Waals surface area contributed by atoms with Crippen LogP contribution in [0.5, 0.6) is 0 Å². The zero-order valence-corrected chi connectivity index (χ0v) is 13.7. The van der Waals surface area contributed by atoms with Crippen molar-refractivity contribution in [2.75, 3.05) is 18.4 Å². The number of hydrogen-bond acceptors (Lipinski definition) is 4. The van der Waals surface area contributed by atoms with E-state index in [1.54, 1.807) is 23.5 Å². The topological polar surface area (TPSA) is 45.2 Å². The zero-order chi connectivity index (χ0) is 16.1. The van der Waals surface area contributed by atoms with Gasteiger partial charge >= 0.3 is 0 Å². The first-order valence-corrected chi connectivity index (χ1v) is 8.78. The lowest BCUT2D eigenvalue weighted by Gasteiger charge is -2.25. The Hall–Kier alpha value is -1.79. The first kappa shape index (κ1) is 16.1. The van der Waals surface area contributed by atoms with Crippen molar-refractivity contribution in [3.8, 4) is 0 Å². The second kappa shape index (κ2) is 7.66. The van der Waals surface area contributed by atoms with E-state index >= 15 is 0 Å². The number of carbonyl (C=O) groups excluding carboxylic acids is 1. The average Bonchev–Trinajstić information content (AvgIpc) is 2.97. The third-order valence-electron chi connectivity index (χ3n) is 3.88. The van der Waals surface area contributed by atoms with E-state index in [2.05, 4.69) is 15.2 Å². The van der Waals surface area contributed by atoms with E-state index in [1.165, 1.54) is 31.4 Å². The molecule has 4 nitrogen and oxygen atoms in total. The molecule has 2 aromatic rings. The summed E-state index contributed by atoms with van der Waals surface area (Å²) < 4.78 is 12.8. The Morgan fingerprint density at radius 1 is 1.22 bits per heavy atom. The van der Waals surface area contributed by atoms with Crippen LogP contribution < -0.4 is 5.32 Å². The lowest BCUT2D eigenvalue weighted by Crippen LogP contribution is -2.29. The number of benzene rings is 1. The van der Waals surface area contributed by atoms with Crippen molar-refractivity contribution in [1.82, 2.24) is 9.88 Å². The van der Waals surface area contributed by atoms with Gasteiger partial charge in [0.25, 0.3) is 0 Å². The van der Waals surface area contributed by atoms with Crippen molar-refractivity contribution in [3.05, 3.63) is 46.2 Å². The molecule has 0 saturated carbocycles. The van der Waals surface area contributed by atoms with E-state index in [0.29, 0.717) is 5.69 Å². The van der Waals surface area contributed by atoms with Gasteiger partial charge in [0.05, 0.1) is 18.7 Å². The highest BCUT2D eigenvalue weighted by Gasteiger charge is 2.13. The Morgan fingerprint density at radius 3 is 2.70 bits per heavy atom. The second-order valence-electron chi connectivity index (χ2n) is 5.80. The predicted octanol–water partition coefficient (Wildman–Crippen LogP) is 3.45. The molecule has 0 atom stereocenters. The van der Waals surface area contributed by atoms with Crippen molar-refractivity contribution >= 4 is 22.9 Å². The molecule has 0 aliphatic carbocycles. The molecule has 1 aliphatic heterocycles. The highest BCUT2D eigenvalue weighted by Crippen LogP contribution is 2.17. The normalized spacial score (nSPS) is 15.5. The monoisotopic (exact) mass is 333 g/mol. The Bertz CT molecular complexity index is 650. The fourth-order valence-corrected chi connectivity index (χ4v) is 3.55. The number of anilines is 1. The smallest absolute Gasteiger partial charge is 0.230 e. The molecule has 0 bridgehead atoms. The Kier molecular flexibility index (Phi) is 5.35. The summed E-state index contributed by atoms with van der Waals surface area (Å²) in [5.74, 6) is -0.448. The van der Waals surface area contributed by atoms with Gasteiger partial charge < -0.3 is 5.32 Å². The molecule has 0 radical (unpaired) electrons. The average molecular weight is 333 g/mol. The van der Waals surface area contributed by atoms with Crippen molar-refractivity contribution < 1.29 is 9.18 Å². The van der Waals surface area contributed by atoms with Crippen LogP contribution in [0.3, 0.4) is 0 Å². The van der Waals surface area contributed by atoms with Crippen LogP contribution in [0.25, 0.3) is 0 Å². The molecule has 1 saturated heterocycles. The number of hydrogen-bond donors (Lipinski definition) is 1. The maximum absolute atomic E-state index is 12.8. The number of thiazole rings is 1. The lowest BCUT2D eigenvalue weighted by atomic mass is 10.1. The molecule has 3 rings (SSSR count). The third kappa shape index (κ3) is 4.84. The molecule has 0 unspecified atom stereocenters. The first-order valence-electron chi connectivity index (χ1n) is 7.90. The predicted molar refractivity (Wildman–Crippen MR) is 90.0 cm³/mol. The lowest BCUT2D eigenvalue weighted by molar-refractivity contribution is -0.115. The van der Waals surface area contributed by atoms with Gasteiger partial charge in [-0.3, -0.25) is 9.69 Å². The number of nitrogens with one attached hydrogen (secondary N) is 1. The minimum absolute atomic E-state index is 0.133. The number of nitrogens with zero attached hydrogens (tertiary/aromatic N) is 2. The summed E-state index contributed by atoms with van der Waals surface area (Å²) in [6.45, 7) is 3.16. The van der Waals surface area contributed by atoms with Gasteiger partial charge in [-0.1, -0.05) is 6.42 Å². The van der Waals surface area contributed by atoms with Gasteiger partial charge in [-0.25, -0.2) is 9.37 Å². The van der Waals surface area contributed by atoms with Gasteiger partial charge in [0.2, 0.25) is 5.91 Å². The van der Waals surface area contributed by atoms with Gasteiger partial charge in [0.1, 0.15) is 10.8 Å². The van der Waals surface area contributed by atoms with Gasteiger partial charge in [-0.15, -0.1) is 11.3 Å². The zero-order valence-electron chi connectivity index (χ0n) is 12.9. The highest BCUT2D eigenvalue weighted by atomic mass is 32.1. The molecule has 122 valence electrons. The third-order valence-corrected chi connectivity index (χ3v) is 4.76. The summed E-state index contributed by atoms with van der Waals surface area (Å²) in [6, 6.07) is 5.76. The fraction of sp³-hybridized carbons (Fsp3) is 0.412. The summed E-state index contributed by atoms with van der Waals surface area (Å²) >= 11 is 1.61. The highest BCUT2D eigenvalue weighted by molar-refractivity contribution is 7.09. The van der Waals surface area contributed by atoms with Gasteiger partial charge in [-0.2, -0.15) is 0 Å². The fourth-order valence-electron chi connectivity index (χ4n) is 2.71. The summed E-state index contributed by atoms with van der Waals surface area (Å²) in [5.41, 5.74) is 1.39. The molecular formula is C17H20FN3OS. The molecule has 1 aromatic carbocycles. The van der Waals surface area contributed by atoms with Crippen LogP contribution in [0, 0.1) is 5.82 Å². The molecule has 1 fully saturated rings. The molecule has 1 aromatic heterocycles. The van der Waals surface area contributed by atoms with E-state index in [1.807, 2.05) is 5.38 Å². The van der Waals surface area contributed by atoms with E-state index in [4.69, 9.17) is 0 Å². The Labute approximate surface area is 139 Å². The number of carbonyl (C=O) groups is 1. The molecule has 1 amide bonds. The summed E-state index contributed by atoms with van der Waals surface area (Å²) in [4.78, 5) is 19.0. The van der Waals surface area contributed by atoms with Crippen molar-refractivity contribution in [2.45, 2.75) is 32.2 Å². The van der Waals surface area contributed by atoms with Crippen LogP contribution in [0.2, 0.25) is 0 Å². The summed E-state index contributed by atoms with van der Waals surface area (Å²) in [7, 11) is 0. The van der Waals surface area contributed by atoms with Gasteiger partial charge in [-0.05, 0) is 50.2 Å². The number of likely N-dealkylation sites (tertiary alicyclic amines) is 1. The van der Waals surface area contributed by atoms with Crippen LogP contribution in [0.1, 0.15) is 30.0 Å². The van der Waals surface area contributed by atoms with E-state index in [9.17, 15) is 9.18 Å². The molecule has 1 N–H and O–H groups in total. The minimum atomic E-state index is -0.315. The molecule has 6 heteroatoms. The maximum Gasteiger partial charge on any atom is 0.230 e. The second-order valence-corrected chi connectivity index (χ2v) is 6.74. The molecular weight excluding hydrogens is 313 g/mol. The molecule has 0 spiro atoms. The molecule has 1 aliphatic rings. The van der Waals surface area contributed by atoms with E-state index in [0.717, 1.165) is 30.3 Å². The standard InChI is InChI=1S/C17H20FN3OS/c18-13-4-6-14(7-5-13)19-16(22)10-15-12-23-17(20-15)11-21-8-2-1-3-9-21/h4-7,12H,1-3,8-11H2,(H,19,22). The van der Waals surface area contributed by atoms with Crippen LogP contribution in [-0.2, 0) is 17.8 Å². The van der Waals surface area contributed by atoms with Crippen molar-refractivity contribution in [2.24, 2.45) is 0 Å². The quantitative estimate of drug-likeness (QED) is 0.911. The number of halogens is 1. The maximum atomic E-state index is 12.8. The van der Waals surface area contributed by atoms with Crippen LogP contribution in [0.15, 0.2) is 29.6 Å². The molecule has 23 heavy (non-hydrogen) atoms. The van der Waals surface area contributed by atoms with Crippen molar-refractivity contribution in [3.63, 3.8) is 0 Å². The van der Waals surface area contributed by atoms with Crippen LogP contribution in [-0.4, -0.2) is 28.9 Å². The summed E-state index contributed by atoms with van der Waals surface area (Å²) in [6.07, 6.45) is 4.09. The molecule has 2 heterocycles. The number of aromatic nitrogens is 1. The van der Waals surface area contributed by atoms with E-state index in [-0.39, 0.29) is 18.1 Å². The van der Waals surface area contributed by atoms with E-state index < -0.39 is 0 Å².